The Balaban J connectivity index is 1.52. The summed E-state index contributed by atoms with van der Waals surface area (Å²) < 4.78 is 34.5. The number of sulfone groups is 1. The molecule has 1 atom stereocenters. The number of ether oxygens (including phenoxy) is 2. The second-order valence-corrected chi connectivity index (χ2v) is 10.1. The van der Waals surface area contributed by atoms with Crippen LogP contribution in [-0.2, 0) is 26.0 Å². The molecule has 2 aromatic carbocycles. The van der Waals surface area contributed by atoms with Crippen LogP contribution in [0.3, 0.4) is 0 Å². The lowest BCUT2D eigenvalue weighted by Gasteiger charge is -2.28. The Hall–Kier alpha value is -2.87. The third-order valence-electron chi connectivity index (χ3n) is 5.39. The number of esters is 1. The Morgan fingerprint density at radius 2 is 1.78 bits per heavy atom. The van der Waals surface area contributed by atoms with Crippen LogP contribution in [0.1, 0.15) is 42.1 Å². The molecular weight excluding hydrogens is 430 g/mol. The Kier molecular flexibility index (Phi) is 8.27. The molecular formula is C24H29NO6S. The van der Waals surface area contributed by atoms with Gasteiger partial charge in [-0.1, -0.05) is 43.7 Å². The van der Waals surface area contributed by atoms with Crippen LogP contribution in [0.4, 0.5) is 0 Å². The molecule has 1 aliphatic rings. The molecule has 1 amide bonds. The first-order valence-corrected chi connectivity index (χ1v) is 12.6. The quantitative estimate of drug-likeness (QED) is 0.507. The van der Waals surface area contributed by atoms with Crippen LogP contribution in [0.15, 0.2) is 54.6 Å². The summed E-state index contributed by atoms with van der Waals surface area (Å²) in [6.07, 6.45) is 2.07. The summed E-state index contributed by atoms with van der Waals surface area (Å²) in [5, 5.41) is 0. The van der Waals surface area contributed by atoms with Gasteiger partial charge in [-0.05, 0) is 42.7 Å². The minimum Gasteiger partial charge on any atom is -0.489 e. The van der Waals surface area contributed by atoms with Crippen LogP contribution in [0.25, 0.3) is 0 Å². The van der Waals surface area contributed by atoms with Crippen LogP contribution in [0, 0.1) is 0 Å². The summed E-state index contributed by atoms with van der Waals surface area (Å²) in [4.78, 5) is 26.6. The highest BCUT2D eigenvalue weighted by Gasteiger charge is 2.34. The highest BCUT2D eigenvalue weighted by atomic mass is 32.2. The molecule has 0 radical (unpaired) electrons. The van der Waals surface area contributed by atoms with Gasteiger partial charge in [0.05, 0.1) is 17.1 Å². The lowest BCUT2D eigenvalue weighted by Crippen LogP contribution is -2.43. The van der Waals surface area contributed by atoms with E-state index in [1.165, 1.54) is 0 Å². The molecule has 0 aliphatic carbocycles. The van der Waals surface area contributed by atoms with Gasteiger partial charge in [0, 0.05) is 12.6 Å². The van der Waals surface area contributed by atoms with E-state index in [0.717, 1.165) is 18.4 Å². The molecule has 0 spiro atoms. The lowest BCUT2D eigenvalue weighted by molar-refractivity contribution is -0.136. The number of hydrogen-bond acceptors (Lipinski definition) is 6. The zero-order valence-electron chi connectivity index (χ0n) is 18.2. The number of unbranched alkanes of at least 4 members (excludes halogenated alkanes) is 1. The van der Waals surface area contributed by atoms with Gasteiger partial charge in [0.2, 0.25) is 0 Å². The van der Waals surface area contributed by atoms with E-state index in [-0.39, 0.29) is 23.5 Å². The Morgan fingerprint density at radius 3 is 2.41 bits per heavy atom. The minimum atomic E-state index is -3.11. The van der Waals surface area contributed by atoms with Crippen molar-refractivity contribution >= 4 is 21.7 Å². The summed E-state index contributed by atoms with van der Waals surface area (Å²) in [6.45, 7) is 2.47. The standard InChI is InChI=1S/C24H29NO6S/c1-2-3-14-25(21-13-15-32(28,29)18-21)23(26)17-31-24(27)20-9-11-22(12-10-20)30-16-19-7-5-4-6-8-19/h4-12,21H,2-3,13-18H2,1H3. The van der Waals surface area contributed by atoms with Crippen LogP contribution in [0.5, 0.6) is 5.75 Å². The fourth-order valence-corrected chi connectivity index (χ4v) is 5.31. The average Bonchev–Trinajstić information content (AvgIpc) is 3.16. The fraction of sp³-hybridized carbons (Fsp3) is 0.417. The molecule has 1 unspecified atom stereocenters. The summed E-state index contributed by atoms with van der Waals surface area (Å²) in [5.41, 5.74) is 1.35. The van der Waals surface area contributed by atoms with Crippen LogP contribution < -0.4 is 4.74 Å². The van der Waals surface area contributed by atoms with E-state index < -0.39 is 22.4 Å². The Bertz CT molecular complexity index is 1000. The van der Waals surface area contributed by atoms with Crippen molar-refractivity contribution in [2.24, 2.45) is 0 Å². The molecule has 8 heteroatoms. The summed E-state index contributed by atoms with van der Waals surface area (Å²) in [7, 11) is -3.11. The maximum atomic E-state index is 12.7. The van der Waals surface area contributed by atoms with Crippen molar-refractivity contribution in [2.45, 2.75) is 38.8 Å². The van der Waals surface area contributed by atoms with Crippen LogP contribution >= 0.6 is 0 Å². The van der Waals surface area contributed by atoms with Gasteiger partial charge in [-0.2, -0.15) is 0 Å². The zero-order chi connectivity index (χ0) is 23.0. The van der Waals surface area contributed by atoms with E-state index in [1.807, 2.05) is 37.3 Å². The molecule has 0 aromatic heterocycles. The minimum absolute atomic E-state index is 0.0269. The van der Waals surface area contributed by atoms with Crippen molar-refractivity contribution in [3.8, 4) is 5.75 Å². The van der Waals surface area contributed by atoms with E-state index in [2.05, 4.69) is 0 Å². The van der Waals surface area contributed by atoms with Crippen molar-refractivity contribution in [2.75, 3.05) is 24.7 Å². The number of nitrogens with zero attached hydrogens (tertiary/aromatic N) is 1. The third kappa shape index (κ3) is 6.82. The molecule has 0 N–H and O–H groups in total. The Morgan fingerprint density at radius 1 is 1.06 bits per heavy atom. The summed E-state index contributed by atoms with van der Waals surface area (Å²) in [6, 6.07) is 15.9. The number of rotatable bonds is 10. The summed E-state index contributed by atoms with van der Waals surface area (Å²) in [5.74, 6) is -0.291. The molecule has 32 heavy (non-hydrogen) atoms. The van der Waals surface area contributed by atoms with Gasteiger partial charge in [0.25, 0.3) is 5.91 Å². The van der Waals surface area contributed by atoms with E-state index in [9.17, 15) is 18.0 Å². The average molecular weight is 460 g/mol. The van der Waals surface area contributed by atoms with Crippen molar-refractivity contribution in [3.05, 3.63) is 65.7 Å². The predicted molar refractivity (Wildman–Crippen MR) is 121 cm³/mol. The molecule has 3 rings (SSSR count). The van der Waals surface area contributed by atoms with E-state index in [0.29, 0.717) is 30.9 Å². The van der Waals surface area contributed by atoms with E-state index in [4.69, 9.17) is 9.47 Å². The fourth-order valence-electron chi connectivity index (χ4n) is 3.58. The SMILES string of the molecule is CCCCN(C(=O)COC(=O)c1ccc(OCc2ccccc2)cc1)C1CCS(=O)(=O)C1. The number of carbonyl (C=O) groups is 2. The lowest BCUT2D eigenvalue weighted by atomic mass is 10.2. The van der Waals surface area contributed by atoms with Gasteiger partial charge in [-0.3, -0.25) is 4.79 Å². The van der Waals surface area contributed by atoms with Crippen molar-refractivity contribution < 1.29 is 27.5 Å². The first-order chi connectivity index (χ1) is 15.4. The molecule has 2 aromatic rings. The highest BCUT2D eigenvalue weighted by molar-refractivity contribution is 7.91. The maximum absolute atomic E-state index is 12.7. The van der Waals surface area contributed by atoms with Crippen molar-refractivity contribution in [1.82, 2.24) is 4.90 Å². The van der Waals surface area contributed by atoms with Gasteiger partial charge in [-0.25, -0.2) is 13.2 Å². The molecule has 7 nitrogen and oxygen atoms in total. The second-order valence-electron chi connectivity index (χ2n) is 7.87. The van der Waals surface area contributed by atoms with Gasteiger partial charge in [0.15, 0.2) is 16.4 Å². The number of hydrogen-bond donors (Lipinski definition) is 0. The molecule has 1 saturated heterocycles. The monoisotopic (exact) mass is 459 g/mol. The topological polar surface area (TPSA) is 90.0 Å². The van der Waals surface area contributed by atoms with Crippen LogP contribution in [0.2, 0.25) is 0 Å². The van der Waals surface area contributed by atoms with E-state index >= 15 is 0 Å². The van der Waals surface area contributed by atoms with Crippen LogP contribution in [-0.4, -0.2) is 55.9 Å². The Labute approximate surface area is 189 Å². The largest absolute Gasteiger partial charge is 0.489 e. The van der Waals surface area contributed by atoms with Gasteiger partial charge in [-0.15, -0.1) is 0 Å². The van der Waals surface area contributed by atoms with Crippen molar-refractivity contribution in [3.63, 3.8) is 0 Å². The first kappa shape index (κ1) is 23.8. The number of benzene rings is 2. The molecule has 172 valence electrons. The third-order valence-corrected chi connectivity index (χ3v) is 7.14. The van der Waals surface area contributed by atoms with Crippen molar-refractivity contribution in [1.29, 1.82) is 0 Å². The molecule has 0 saturated carbocycles. The predicted octanol–water partition coefficient (Wildman–Crippen LogP) is 3.24. The highest BCUT2D eigenvalue weighted by Crippen LogP contribution is 2.19. The second kappa shape index (κ2) is 11.1. The first-order valence-electron chi connectivity index (χ1n) is 10.8. The van der Waals surface area contributed by atoms with Gasteiger partial charge >= 0.3 is 5.97 Å². The number of amides is 1. The molecule has 1 heterocycles. The van der Waals surface area contributed by atoms with E-state index in [1.54, 1.807) is 29.2 Å². The molecule has 1 fully saturated rings. The molecule has 1 aliphatic heterocycles. The maximum Gasteiger partial charge on any atom is 0.338 e. The molecule has 0 bridgehead atoms. The smallest absolute Gasteiger partial charge is 0.338 e. The zero-order valence-corrected chi connectivity index (χ0v) is 19.1. The number of carbonyl (C=O) groups excluding carboxylic acids is 2. The normalized spacial score (nSPS) is 17.0. The summed E-state index contributed by atoms with van der Waals surface area (Å²) >= 11 is 0. The van der Waals surface area contributed by atoms with Gasteiger partial charge in [0.1, 0.15) is 12.4 Å². The van der Waals surface area contributed by atoms with Gasteiger partial charge < -0.3 is 14.4 Å².